The van der Waals surface area contributed by atoms with Crippen molar-refractivity contribution in [2.75, 3.05) is 5.73 Å². The van der Waals surface area contributed by atoms with Crippen LogP contribution in [0.3, 0.4) is 0 Å². The van der Waals surface area contributed by atoms with E-state index >= 15 is 0 Å². The average molecular weight is 269 g/mol. The van der Waals surface area contributed by atoms with E-state index in [-0.39, 0.29) is 16.3 Å². The number of hydrogen-bond donors (Lipinski definition) is 1. The first-order chi connectivity index (χ1) is 8.30. The molecule has 1 aromatic carbocycles. The Morgan fingerprint density at radius 1 is 1.33 bits per heavy atom. The number of anilines is 1. The summed E-state index contributed by atoms with van der Waals surface area (Å²) >= 11 is 6.05. The lowest BCUT2D eigenvalue weighted by molar-refractivity contribution is 0.405. The second-order valence-corrected chi connectivity index (χ2v) is 5.55. The zero-order valence-electron chi connectivity index (χ0n) is 10.4. The summed E-state index contributed by atoms with van der Waals surface area (Å²) in [6.07, 6.45) is 0. The zero-order valence-corrected chi connectivity index (χ0v) is 11.2. The summed E-state index contributed by atoms with van der Waals surface area (Å²) in [4.78, 5) is 0. The van der Waals surface area contributed by atoms with Gasteiger partial charge in [0.15, 0.2) is 0 Å². The van der Waals surface area contributed by atoms with E-state index in [1.54, 1.807) is 6.07 Å². The van der Waals surface area contributed by atoms with Crippen LogP contribution >= 0.6 is 11.6 Å². The summed E-state index contributed by atoms with van der Waals surface area (Å²) < 4.78 is 18.1. The van der Waals surface area contributed by atoms with Crippen LogP contribution in [0.4, 0.5) is 10.3 Å². The number of nitrogens with two attached hydrogens (primary N) is 1. The molecule has 0 saturated carbocycles. The fourth-order valence-corrected chi connectivity index (χ4v) is 2.03. The van der Waals surface area contributed by atoms with E-state index in [2.05, 4.69) is 5.16 Å². The molecule has 0 amide bonds. The monoisotopic (exact) mass is 268 g/mol. The van der Waals surface area contributed by atoms with Crippen LogP contribution in [0.25, 0.3) is 11.1 Å². The number of hydrogen-bond acceptors (Lipinski definition) is 3. The van der Waals surface area contributed by atoms with Gasteiger partial charge in [-0.15, -0.1) is 0 Å². The standard InChI is InChI=1S/C13H14ClFN2O/c1-13(2,3)11-10(12(16)18-17-11)8-5-4-7(15)6-9(8)14/h4-6H,16H2,1-3H3. The van der Waals surface area contributed by atoms with Crippen LogP contribution in [-0.4, -0.2) is 5.16 Å². The molecule has 3 nitrogen and oxygen atoms in total. The minimum Gasteiger partial charge on any atom is -0.367 e. The van der Waals surface area contributed by atoms with Crippen molar-refractivity contribution in [3.05, 3.63) is 34.7 Å². The van der Waals surface area contributed by atoms with Gasteiger partial charge in [-0.25, -0.2) is 4.39 Å². The summed E-state index contributed by atoms with van der Waals surface area (Å²) in [7, 11) is 0. The molecule has 18 heavy (non-hydrogen) atoms. The first kappa shape index (κ1) is 12.9. The van der Waals surface area contributed by atoms with Gasteiger partial charge in [-0.2, -0.15) is 0 Å². The number of aromatic nitrogens is 1. The van der Waals surface area contributed by atoms with Crippen LogP contribution in [0.1, 0.15) is 26.5 Å². The van der Waals surface area contributed by atoms with E-state index in [4.69, 9.17) is 21.9 Å². The average Bonchev–Trinajstić information content (AvgIpc) is 2.60. The van der Waals surface area contributed by atoms with Crippen molar-refractivity contribution >= 4 is 17.5 Å². The maximum atomic E-state index is 13.1. The summed E-state index contributed by atoms with van der Waals surface area (Å²) in [5.41, 5.74) is 7.51. The van der Waals surface area contributed by atoms with Gasteiger partial charge in [0.2, 0.25) is 5.88 Å². The van der Waals surface area contributed by atoms with Crippen molar-refractivity contribution in [3.63, 3.8) is 0 Å². The highest BCUT2D eigenvalue weighted by molar-refractivity contribution is 6.33. The first-order valence-electron chi connectivity index (χ1n) is 5.51. The smallest absolute Gasteiger partial charge is 0.230 e. The van der Waals surface area contributed by atoms with Crippen molar-refractivity contribution in [2.24, 2.45) is 0 Å². The molecule has 2 aromatic rings. The lowest BCUT2D eigenvalue weighted by atomic mass is 9.87. The van der Waals surface area contributed by atoms with Crippen molar-refractivity contribution in [1.82, 2.24) is 5.16 Å². The maximum Gasteiger partial charge on any atom is 0.230 e. The van der Waals surface area contributed by atoms with Gasteiger partial charge in [-0.05, 0) is 18.2 Å². The molecule has 0 aliphatic carbocycles. The van der Waals surface area contributed by atoms with Crippen LogP contribution in [0.15, 0.2) is 22.7 Å². The van der Waals surface area contributed by atoms with Crippen molar-refractivity contribution < 1.29 is 8.91 Å². The Morgan fingerprint density at radius 2 is 2.00 bits per heavy atom. The third kappa shape index (κ3) is 2.20. The quantitative estimate of drug-likeness (QED) is 0.850. The molecule has 1 heterocycles. The second kappa shape index (κ2) is 4.28. The summed E-state index contributed by atoms with van der Waals surface area (Å²) in [6.45, 7) is 5.97. The van der Waals surface area contributed by atoms with Crippen LogP contribution in [0.5, 0.6) is 0 Å². The van der Waals surface area contributed by atoms with Gasteiger partial charge in [-0.1, -0.05) is 37.5 Å². The second-order valence-electron chi connectivity index (χ2n) is 5.14. The van der Waals surface area contributed by atoms with Crippen LogP contribution in [0.2, 0.25) is 5.02 Å². The third-order valence-corrected chi connectivity index (χ3v) is 2.94. The SMILES string of the molecule is CC(C)(C)c1noc(N)c1-c1ccc(F)cc1Cl. The first-order valence-corrected chi connectivity index (χ1v) is 5.89. The minimum absolute atomic E-state index is 0.188. The molecule has 5 heteroatoms. The van der Waals surface area contributed by atoms with Gasteiger partial charge in [-0.3, -0.25) is 0 Å². The van der Waals surface area contributed by atoms with Gasteiger partial charge in [0, 0.05) is 11.0 Å². The number of nitrogens with zero attached hydrogens (tertiary/aromatic N) is 1. The predicted molar refractivity (Wildman–Crippen MR) is 70.0 cm³/mol. The van der Waals surface area contributed by atoms with Crippen LogP contribution in [0, 0.1) is 5.82 Å². The number of nitrogen functional groups attached to an aromatic ring is 1. The molecule has 0 aliphatic rings. The Bertz CT molecular complexity index is 587. The Balaban J connectivity index is 2.67. The molecule has 0 saturated heterocycles. The van der Waals surface area contributed by atoms with Crippen molar-refractivity contribution in [2.45, 2.75) is 26.2 Å². The molecule has 96 valence electrons. The summed E-state index contributed by atoms with van der Waals surface area (Å²) in [5, 5.41) is 4.26. The lowest BCUT2D eigenvalue weighted by Crippen LogP contribution is -2.13. The molecule has 0 spiro atoms. The van der Waals surface area contributed by atoms with E-state index < -0.39 is 5.82 Å². The van der Waals surface area contributed by atoms with E-state index in [1.807, 2.05) is 20.8 Å². The highest BCUT2D eigenvalue weighted by atomic mass is 35.5. The van der Waals surface area contributed by atoms with Crippen LogP contribution in [-0.2, 0) is 5.41 Å². The number of rotatable bonds is 1. The fraction of sp³-hybridized carbons (Fsp3) is 0.308. The van der Waals surface area contributed by atoms with Gasteiger partial charge in [0.1, 0.15) is 5.82 Å². The van der Waals surface area contributed by atoms with Gasteiger partial charge in [0.25, 0.3) is 0 Å². The van der Waals surface area contributed by atoms with Crippen molar-refractivity contribution in [1.29, 1.82) is 0 Å². The summed E-state index contributed by atoms with van der Waals surface area (Å²) in [5.74, 6) is -0.204. The Hall–Kier alpha value is -1.55. The third-order valence-electron chi connectivity index (χ3n) is 2.63. The van der Waals surface area contributed by atoms with E-state index in [9.17, 15) is 4.39 Å². The van der Waals surface area contributed by atoms with E-state index in [0.717, 1.165) is 0 Å². The molecule has 2 N–H and O–H groups in total. The van der Waals surface area contributed by atoms with Gasteiger partial charge in [0.05, 0.1) is 16.3 Å². The topological polar surface area (TPSA) is 52.0 Å². The lowest BCUT2D eigenvalue weighted by Gasteiger charge is -2.17. The minimum atomic E-state index is -0.393. The molecular weight excluding hydrogens is 255 g/mol. The predicted octanol–water partition coefficient (Wildman–Crippen LogP) is 4.01. The molecule has 0 unspecified atom stereocenters. The zero-order chi connectivity index (χ0) is 13.5. The highest BCUT2D eigenvalue weighted by Crippen LogP contribution is 2.39. The Morgan fingerprint density at radius 3 is 2.56 bits per heavy atom. The maximum absolute atomic E-state index is 13.1. The van der Waals surface area contributed by atoms with E-state index in [1.165, 1.54) is 12.1 Å². The molecule has 0 fully saturated rings. The molecule has 0 bridgehead atoms. The van der Waals surface area contributed by atoms with Gasteiger partial charge < -0.3 is 10.3 Å². The largest absolute Gasteiger partial charge is 0.367 e. The molecule has 2 rings (SSSR count). The highest BCUT2D eigenvalue weighted by Gasteiger charge is 2.27. The van der Waals surface area contributed by atoms with E-state index in [0.29, 0.717) is 16.8 Å². The molecular formula is C13H14ClFN2O. The Kier molecular flexibility index (Phi) is 3.07. The van der Waals surface area contributed by atoms with Crippen molar-refractivity contribution in [3.8, 4) is 11.1 Å². The number of benzene rings is 1. The molecule has 0 aliphatic heterocycles. The van der Waals surface area contributed by atoms with Gasteiger partial charge >= 0.3 is 0 Å². The van der Waals surface area contributed by atoms with Crippen LogP contribution < -0.4 is 5.73 Å². The molecule has 0 radical (unpaired) electrons. The number of halogens is 2. The molecule has 0 atom stereocenters. The Labute approximate surface area is 110 Å². The fourth-order valence-electron chi connectivity index (χ4n) is 1.77. The summed E-state index contributed by atoms with van der Waals surface area (Å²) in [6, 6.07) is 4.16. The normalized spacial score (nSPS) is 11.8. The molecule has 1 aromatic heterocycles.